The number of para-hydroxylation sites is 1. The van der Waals surface area contributed by atoms with E-state index >= 15 is 0 Å². The number of likely N-dealkylation sites (tertiary alicyclic amines) is 1. The summed E-state index contributed by atoms with van der Waals surface area (Å²) in [6.07, 6.45) is 1.90. The van der Waals surface area contributed by atoms with Gasteiger partial charge >= 0.3 is 0 Å². The van der Waals surface area contributed by atoms with Crippen molar-refractivity contribution in [1.82, 2.24) is 15.2 Å². The molecule has 6 rings (SSSR count). The fourth-order valence-electron chi connectivity index (χ4n) is 5.06. The zero-order valence-corrected chi connectivity index (χ0v) is 19.2. The van der Waals surface area contributed by atoms with E-state index < -0.39 is 0 Å². The van der Waals surface area contributed by atoms with Crippen LogP contribution in [-0.4, -0.2) is 53.5 Å². The molecule has 3 aliphatic rings. The van der Waals surface area contributed by atoms with Gasteiger partial charge in [-0.1, -0.05) is 24.3 Å². The minimum absolute atomic E-state index is 0.0276. The fraction of sp³-hybridized carbons (Fsp3) is 0.320. The van der Waals surface area contributed by atoms with Crippen LogP contribution in [0.3, 0.4) is 0 Å². The van der Waals surface area contributed by atoms with E-state index in [9.17, 15) is 9.59 Å². The predicted molar refractivity (Wildman–Crippen MR) is 128 cm³/mol. The molecule has 0 spiro atoms. The number of rotatable bonds is 5. The van der Waals surface area contributed by atoms with E-state index in [0.717, 1.165) is 18.4 Å². The molecule has 1 aromatic heterocycles. The van der Waals surface area contributed by atoms with Crippen LogP contribution < -0.4 is 20.5 Å². The maximum Gasteiger partial charge on any atom is 0.255 e. The first kappa shape index (κ1) is 21.0. The van der Waals surface area contributed by atoms with Crippen molar-refractivity contribution in [2.75, 3.05) is 25.5 Å². The summed E-state index contributed by atoms with van der Waals surface area (Å²) < 4.78 is 11.3. The third-order valence-corrected chi connectivity index (χ3v) is 7.38. The van der Waals surface area contributed by atoms with Crippen LogP contribution in [0.15, 0.2) is 47.8 Å². The summed E-state index contributed by atoms with van der Waals surface area (Å²) in [6, 6.07) is 13.0. The minimum atomic E-state index is -0.228. The maximum atomic E-state index is 13.7. The van der Waals surface area contributed by atoms with Gasteiger partial charge in [-0.2, -0.15) is 0 Å². The lowest BCUT2D eigenvalue weighted by molar-refractivity contribution is 0.0689. The van der Waals surface area contributed by atoms with Crippen molar-refractivity contribution in [2.24, 2.45) is 5.92 Å². The van der Waals surface area contributed by atoms with E-state index in [-0.39, 0.29) is 23.9 Å². The van der Waals surface area contributed by atoms with Crippen molar-refractivity contribution in [3.05, 3.63) is 59.0 Å². The van der Waals surface area contributed by atoms with Crippen LogP contribution in [0.1, 0.15) is 33.6 Å². The summed E-state index contributed by atoms with van der Waals surface area (Å²) in [7, 11) is 0. The lowest BCUT2D eigenvalue weighted by Gasteiger charge is -2.29. The van der Waals surface area contributed by atoms with Crippen LogP contribution >= 0.6 is 11.3 Å². The standard InChI is InChI=1S/C25H24N4O4S/c26-25-28-19(13-34-25)16-4-1-2-5-17(16)24(31)29-15(10-14-11-20(14)29)12-27-23(30)18-6-3-7-21-22(18)33-9-8-32-21/h1-7,13-15,20H,8-12H2,(H2,26,28)(H,27,30)/t14-,15+,20+/m1/s1. The van der Waals surface area contributed by atoms with Gasteiger partial charge in [-0.05, 0) is 37.0 Å². The zero-order chi connectivity index (χ0) is 23.2. The van der Waals surface area contributed by atoms with Crippen LogP contribution in [0.2, 0.25) is 0 Å². The topological polar surface area (TPSA) is 107 Å². The molecule has 2 aliphatic heterocycles. The highest BCUT2D eigenvalue weighted by atomic mass is 32.1. The van der Waals surface area contributed by atoms with Gasteiger partial charge in [-0.15, -0.1) is 11.3 Å². The highest BCUT2D eigenvalue weighted by molar-refractivity contribution is 7.13. The Bertz CT molecular complexity index is 1280. The second-order valence-corrected chi connectivity index (χ2v) is 9.71. The van der Waals surface area contributed by atoms with E-state index in [1.54, 1.807) is 18.2 Å². The van der Waals surface area contributed by atoms with Crippen molar-refractivity contribution >= 4 is 28.3 Å². The molecule has 1 saturated heterocycles. The van der Waals surface area contributed by atoms with Gasteiger partial charge in [0.25, 0.3) is 11.8 Å². The number of piperidine rings is 1. The van der Waals surface area contributed by atoms with Gasteiger partial charge < -0.3 is 25.4 Å². The van der Waals surface area contributed by atoms with Crippen molar-refractivity contribution in [1.29, 1.82) is 0 Å². The molecule has 0 unspecified atom stereocenters. The number of amides is 2. The molecule has 2 aromatic carbocycles. The maximum absolute atomic E-state index is 13.7. The number of nitrogens with zero attached hydrogens (tertiary/aromatic N) is 2. The van der Waals surface area contributed by atoms with E-state index in [2.05, 4.69) is 10.3 Å². The first-order valence-corrected chi connectivity index (χ1v) is 12.3. The Morgan fingerprint density at radius 3 is 2.76 bits per heavy atom. The first-order valence-electron chi connectivity index (χ1n) is 11.4. The number of thiazole rings is 1. The number of hydrogen-bond donors (Lipinski definition) is 2. The molecule has 0 radical (unpaired) electrons. The van der Waals surface area contributed by atoms with E-state index in [4.69, 9.17) is 15.2 Å². The van der Waals surface area contributed by atoms with Gasteiger partial charge in [0.05, 0.1) is 17.3 Å². The zero-order valence-electron chi connectivity index (χ0n) is 18.4. The van der Waals surface area contributed by atoms with Crippen molar-refractivity contribution < 1.29 is 19.1 Å². The number of anilines is 1. The number of aromatic nitrogens is 1. The molecule has 2 amide bonds. The number of ether oxygens (including phenoxy) is 2. The molecule has 1 aliphatic carbocycles. The van der Waals surface area contributed by atoms with Gasteiger partial charge in [0, 0.05) is 29.1 Å². The highest BCUT2D eigenvalue weighted by Crippen LogP contribution is 2.48. The molecular formula is C25H24N4O4S. The molecule has 34 heavy (non-hydrogen) atoms. The van der Waals surface area contributed by atoms with Gasteiger partial charge in [0.15, 0.2) is 16.6 Å². The molecule has 1 saturated carbocycles. The Hall–Kier alpha value is -3.59. The summed E-state index contributed by atoms with van der Waals surface area (Å²) in [5.74, 6) is 1.30. The van der Waals surface area contributed by atoms with E-state index in [1.807, 2.05) is 34.5 Å². The van der Waals surface area contributed by atoms with Gasteiger partial charge in [0.1, 0.15) is 13.2 Å². The molecule has 3 atom stereocenters. The number of carbonyl (C=O) groups is 2. The highest BCUT2D eigenvalue weighted by Gasteiger charge is 2.54. The van der Waals surface area contributed by atoms with Gasteiger partial charge in [-0.25, -0.2) is 4.98 Å². The summed E-state index contributed by atoms with van der Waals surface area (Å²) in [5.41, 5.74) is 8.37. The summed E-state index contributed by atoms with van der Waals surface area (Å²) >= 11 is 1.36. The molecule has 2 fully saturated rings. The Morgan fingerprint density at radius 2 is 1.91 bits per heavy atom. The lowest BCUT2D eigenvalue weighted by Crippen LogP contribution is -2.45. The van der Waals surface area contributed by atoms with Crippen LogP contribution in [-0.2, 0) is 0 Å². The quantitative estimate of drug-likeness (QED) is 0.586. The Balaban J connectivity index is 1.21. The lowest BCUT2D eigenvalue weighted by atomic mass is 10.0. The van der Waals surface area contributed by atoms with Gasteiger partial charge in [-0.3, -0.25) is 9.59 Å². The van der Waals surface area contributed by atoms with Crippen LogP contribution in [0.4, 0.5) is 5.13 Å². The van der Waals surface area contributed by atoms with Crippen molar-refractivity contribution in [3.63, 3.8) is 0 Å². The summed E-state index contributed by atoms with van der Waals surface area (Å²) in [4.78, 5) is 33.0. The molecule has 0 bridgehead atoms. The minimum Gasteiger partial charge on any atom is -0.486 e. The second-order valence-electron chi connectivity index (χ2n) is 8.82. The molecule has 9 heteroatoms. The molecule has 174 valence electrons. The fourth-order valence-corrected chi connectivity index (χ4v) is 5.62. The Morgan fingerprint density at radius 1 is 1.09 bits per heavy atom. The van der Waals surface area contributed by atoms with Crippen LogP contribution in [0, 0.1) is 5.92 Å². The third-order valence-electron chi connectivity index (χ3n) is 6.71. The average Bonchev–Trinajstić information content (AvgIpc) is 3.32. The molecule has 8 nitrogen and oxygen atoms in total. The van der Waals surface area contributed by atoms with E-state index in [1.165, 1.54) is 11.3 Å². The molecule has 3 heterocycles. The third kappa shape index (κ3) is 3.66. The number of nitrogens with two attached hydrogens (primary N) is 1. The Kier molecular flexibility index (Phi) is 5.13. The smallest absolute Gasteiger partial charge is 0.255 e. The number of benzene rings is 2. The van der Waals surface area contributed by atoms with Gasteiger partial charge in [0.2, 0.25) is 0 Å². The Labute approximate surface area is 200 Å². The monoisotopic (exact) mass is 476 g/mol. The first-order chi connectivity index (χ1) is 16.6. The summed E-state index contributed by atoms with van der Waals surface area (Å²) in [5, 5.41) is 5.36. The normalized spacial score (nSPS) is 22.2. The molecule has 3 N–H and O–H groups in total. The number of hydrogen-bond acceptors (Lipinski definition) is 7. The number of fused-ring (bicyclic) bond motifs is 2. The average molecular weight is 477 g/mol. The number of nitrogen functional groups attached to an aromatic ring is 1. The molecule has 3 aromatic rings. The summed E-state index contributed by atoms with van der Waals surface area (Å²) in [6.45, 7) is 1.26. The van der Waals surface area contributed by atoms with Crippen molar-refractivity contribution in [2.45, 2.75) is 24.9 Å². The molecular weight excluding hydrogens is 452 g/mol. The second kappa shape index (κ2) is 8.32. The van der Waals surface area contributed by atoms with Crippen LogP contribution in [0.5, 0.6) is 11.5 Å². The van der Waals surface area contributed by atoms with E-state index in [0.29, 0.717) is 59.1 Å². The van der Waals surface area contributed by atoms with Crippen LogP contribution in [0.25, 0.3) is 11.3 Å². The predicted octanol–water partition coefficient (Wildman–Crippen LogP) is 3.20. The SMILES string of the molecule is Nc1nc(-c2ccccc2C(=O)N2[C@H](CNC(=O)c3cccc4c3OCCO4)C[C@@H]3C[C@@H]32)cs1. The largest absolute Gasteiger partial charge is 0.486 e. The van der Waals surface area contributed by atoms with Crippen molar-refractivity contribution in [3.8, 4) is 22.8 Å². The number of nitrogens with one attached hydrogen (secondary N) is 1. The number of carbonyl (C=O) groups excluding carboxylic acids is 2.